The number of nitrogens with zero attached hydrogens (tertiary/aromatic N) is 3. The van der Waals surface area contributed by atoms with E-state index < -0.39 is 6.10 Å². The number of thioether (sulfide) groups is 1. The summed E-state index contributed by atoms with van der Waals surface area (Å²) < 4.78 is 7.73. The normalized spacial score (nSPS) is 12.1. The predicted octanol–water partition coefficient (Wildman–Crippen LogP) is 3.81. The minimum Gasteiger partial charge on any atom is -0.491 e. The lowest BCUT2D eigenvalue weighted by Gasteiger charge is -2.13. The van der Waals surface area contributed by atoms with Crippen LogP contribution in [0.4, 0.5) is 0 Å². The van der Waals surface area contributed by atoms with Gasteiger partial charge in [0.15, 0.2) is 11.0 Å². The van der Waals surface area contributed by atoms with Crippen molar-refractivity contribution in [1.29, 1.82) is 0 Å². The van der Waals surface area contributed by atoms with Gasteiger partial charge in [-0.3, -0.25) is 0 Å². The van der Waals surface area contributed by atoms with Crippen LogP contribution in [0.15, 0.2) is 59.8 Å². The Morgan fingerprint density at radius 3 is 2.65 bits per heavy atom. The fraction of sp³-hybridized carbons (Fsp3) is 0.300. The van der Waals surface area contributed by atoms with Crippen molar-refractivity contribution in [2.45, 2.75) is 31.7 Å². The molecule has 0 unspecified atom stereocenters. The van der Waals surface area contributed by atoms with Crippen LogP contribution in [-0.2, 0) is 6.54 Å². The van der Waals surface area contributed by atoms with Crippen molar-refractivity contribution < 1.29 is 9.84 Å². The maximum Gasteiger partial charge on any atom is 0.191 e. The molecule has 0 bridgehead atoms. The summed E-state index contributed by atoms with van der Waals surface area (Å²) in [5, 5.41) is 19.6. The first-order chi connectivity index (χ1) is 12.7. The third kappa shape index (κ3) is 4.65. The largest absolute Gasteiger partial charge is 0.491 e. The molecule has 26 heavy (non-hydrogen) atoms. The summed E-state index contributed by atoms with van der Waals surface area (Å²) in [6.45, 7) is 5.11. The fourth-order valence-electron chi connectivity index (χ4n) is 2.60. The van der Waals surface area contributed by atoms with Gasteiger partial charge in [-0.1, -0.05) is 54.2 Å². The quantitative estimate of drug-likeness (QED) is 0.612. The van der Waals surface area contributed by atoms with Gasteiger partial charge in [0, 0.05) is 17.9 Å². The highest BCUT2D eigenvalue weighted by atomic mass is 32.2. The Balaban J connectivity index is 1.58. The number of aromatic nitrogens is 3. The summed E-state index contributed by atoms with van der Waals surface area (Å²) >= 11 is 1.49. The molecule has 0 spiro atoms. The smallest absolute Gasteiger partial charge is 0.191 e. The second-order valence-electron chi connectivity index (χ2n) is 6.01. The Morgan fingerprint density at radius 2 is 1.92 bits per heavy atom. The number of rotatable bonds is 8. The second kappa shape index (κ2) is 8.87. The number of benzene rings is 2. The molecule has 0 radical (unpaired) electrons. The Kier molecular flexibility index (Phi) is 6.30. The van der Waals surface area contributed by atoms with Crippen molar-refractivity contribution >= 4 is 11.8 Å². The van der Waals surface area contributed by atoms with Crippen LogP contribution in [0.2, 0.25) is 0 Å². The van der Waals surface area contributed by atoms with Crippen molar-refractivity contribution in [3.63, 3.8) is 0 Å². The van der Waals surface area contributed by atoms with Gasteiger partial charge in [0.05, 0.1) is 6.10 Å². The molecule has 0 aliphatic heterocycles. The Labute approximate surface area is 158 Å². The number of hydrogen-bond donors (Lipinski definition) is 1. The third-order valence-electron chi connectivity index (χ3n) is 3.90. The van der Waals surface area contributed by atoms with Crippen LogP contribution in [0.5, 0.6) is 5.75 Å². The molecule has 1 heterocycles. The Morgan fingerprint density at radius 1 is 1.12 bits per heavy atom. The molecular formula is C20H23N3O2S. The molecule has 0 amide bonds. The van der Waals surface area contributed by atoms with E-state index in [1.54, 1.807) is 0 Å². The number of aliphatic hydroxyl groups excluding tert-OH is 1. The molecule has 6 heteroatoms. The van der Waals surface area contributed by atoms with Crippen LogP contribution >= 0.6 is 11.8 Å². The molecular weight excluding hydrogens is 346 g/mol. The molecule has 136 valence electrons. The molecule has 0 saturated carbocycles. The first-order valence-corrected chi connectivity index (χ1v) is 9.65. The van der Waals surface area contributed by atoms with E-state index in [0.29, 0.717) is 5.75 Å². The van der Waals surface area contributed by atoms with E-state index in [2.05, 4.69) is 21.7 Å². The predicted molar refractivity (Wildman–Crippen MR) is 105 cm³/mol. The monoisotopic (exact) mass is 369 g/mol. The second-order valence-corrected chi connectivity index (χ2v) is 7.00. The summed E-state index contributed by atoms with van der Waals surface area (Å²) in [6, 6.07) is 17.8. The fourth-order valence-corrected chi connectivity index (χ4v) is 3.51. The first-order valence-electron chi connectivity index (χ1n) is 8.66. The first kappa shape index (κ1) is 18.5. The summed E-state index contributed by atoms with van der Waals surface area (Å²) in [5.74, 6) is 2.12. The summed E-state index contributed by atoms with van der Waals surface area (Å²) in [7, 11) is 0. The number of aliphatic hydroxyl groups is 1. The van der Waals surface area contributed by atoms with Gasteiger partial charge in [-0.25, -0.2) is 0 Å². The van der Waals surface area contributed by atoms with Crippen LogP contribution in [0, 0.1) is 6.92 Å². The lowest BCUT2D eigenvalue weighted by Crippen LogP contribution is -2.20. The van der Waals surface area contributed by atoms with E-state index >= 15 is 0 Å². The average molecular weight is 369 g/mol. The zero-order valence-electron chi connectivity index (χ0n) is 15.0. The topological polar surface area (TPSA) is 60.2 Å². The minimum absolute atomic E-state index is 0.252. The van der Waals surface area contributed by atoms with Crippen LogP contribution in [0.3, 0.4) is 0 Å². The van der Waals surface area contributed by atoms with Gasteiger partial charge in [0.2, 0.25) is 0 Å². The SMILES string of the molecule is CCn1c(SC[C@@H](O)COc2cccc(C)c2)nnc1-c1ccccc1. The van der Waals surface area contributed by atoms with E-state index in [9.17, 15) is 5.11 Å². The third-order valence-corrected chi connectivity index (χ3v) is 5.01. The molecule has 1 aromatic heterocycles. The van der Waals surface area contributed by atoms with Crippen LogP contribution < -0.4 is 4.74 Å². The number of ether oxygens (including phenoxy) is 1. The highest BCUT2D eigenvalue weighted by molar-refractivity contribution is 7.99. The lowest BCUT2D eigenvalue weighted by atomic mass is 10.2. The van der Waals surface area contributed by atoms with Gasteiger partial charge in [0.25, 0.3) is 0 Å². The molecule has 5 nitrogen and oxygen atoms in total. The maximum atomic E-state index is 10.2. The average Bonchev–Trinajstić information content (AvgIpc) is 3.08. The molecule has 3 rings (SSSR count). The minimum atomic E-state index is -0.581. The van der Waals surface area contributed by atoms with E-state index in [0.717, 1.165) is 34.4 Å². The van der Waals surface area contributed by atoms with E-state index in [4.69, 9.17) is 4.74 Å². The van der Waals surface area contributed by atoms with Gasteiger partial charge >= 0.3 is 0 Å². The standard InChI is InChI=1S/C20H23N3O2S/c1-3-23-19(16-9-5-4-6-10-16)21-22-20(23)26-14-17(24)13-25-18-11-7-8-15(2)12-18/h4-12,17,24H,3,13-14H2,1-2H3/t17-/m0/s1. The number of hydrogen-bond acceptors (Lipinski definition) is 5. The Bertz CT molecular complexity index is 836. The molecule has 1 N–H and O–H groups in total. The van der Waals surface area contributed by atoms with Gasteiger partial charge in [-0.2, -0.15) is 0 Å². The maximum absolute atomic E-state index is 10.2. The van der Waals surface area contributed by atoms with Gasteiger partial charge in [-0.15, -0.1) is 10.2 Å². The molecule has 2 aromatic carbocycles. The van der Waals surface area contributed by atoms with Gasteiger partial charge < -0.3 is 14.4 Å². The summed E-state index contributed by atoms with van der Waals surface area (Å²) in [6.07, 6.45) is -0.581. The molecule has 3 aromatic rings. The van der Waals surface area contributed by atoms with Crippen molar-refractivity contribution in [2.24, 2.45) is 0 Å². The molecule has 0 aliphatic rings. The van der Waals surface area contributed by atoms with E-state index in [1.165, 1.54) is 11.8 Å². The van der Waals surface area contributed by atoms with Crippen LogP contribution in [-0.4, -0.2) is 38.3 Å². The van der Waals surface area contributed by atoms with Crippen LogP contribution in [0.1, 0.15) is 12.5 Å². The van der Waals surface area contributed by atoms with Crippen LogP contribution in [0.25, 0.3) is 11.4 Å². The highest BCUT2D eigenvalue weighted by Gasteiger charge is 2.15. The van der Waals surface area contributed by atoms with Gasteiger partial charge in [0.1, 0.15) is 12.4 Å². The zero-order valence-corrected chi connectivity index (χ0v) is 15.8. The highest BCUT2D eigenvalue weighted by Crippen LogP contribution is 2.24. The van der Waals surface area contributed by atoms with E-state index in [1.807, 2.05) is 61.5 Å². The summed E-state index contributed by atoms with van der Waals surface area (Å²) in [5.41, 5.74) is 2.17. The zero-order chi connectivity index (χ0) is 18.4. The molecule has 1 atom stereocenters. The summed E-state index contributed by atoms with van der Waals surface area (Å²) in [4.78, 5) is 0. The molecule has 0 saturated heterocycles. The van der Waals surface area contributed by atoms with Crippen molar-refractivity contribution in [3.8, 4) is 17.1 Å². The van der Waals surface area contributed by atoms with Crippen molar-refractivity contribution in [1.82, 2.24) is 14.8 Å². The van der Waals surface area contributed by atoms with Gasteiger partial charge in [-0.05, 0) is 31.5 Å². The van der Waals surface area contributed by atoms with Crippen molar-refractivity contribution in [3.05, 3.63) is 60.2 Å². The van der Waals surface area contributed by atoms with E-state index in [-0.39, 0.29) is 6.61 Å². The number of aryl methyl sites for hydroxylation is 1. The Hall–Kier alpha value is -2.31. The lowest BCUT2D eigenvalue weighted by molar-refractivity contribution is 0.126. The van der Waals surface area contributed by atoms with Crippen molar-refractivity contribution in [2.75, 3.05) is 12.4 Å². The molecule has 0 fully saturated rings. The molecule has 0 aliphatic carbocycles.